The lowest BCUT2D eigenvalue weighted by molar-refractivity contribution is -0.143. The number of rotatable bonds is 18. The molecule has 2 aromatic heterocycles. The molecule has 8 heterocycles. The first-order valence-corrected chi connectivity index (χ1v) is 30.9. The van der Waals surface area contributed by atoms with Gasteiger partial charge in [0.25, 0.3) is 11.1 Å². The van der Waals surface area contributed by atoms with Crippen LogP contribution in [-0.2, 0) is 65.2 Å². The average molecular weight is 1210 g/mol. The third kappa shape index (κ3) is 13.7. The molecular weight excluding hydrogens is 1130 g/mol. The summed E-state index contributed by atoms with van der Waals surface area (Å²) in [6, 6.07) is 23.0. The van der Waals surface area contributed by atoms with E-state index in [9.17, 15) is 37.5 Å². The number of primary amides is 2. The molecule has 11 rings (SSSR count). The Morgan fingerprint density at radius 3 is 1.28 bits per heavy atom. The van der Waals surface area contributed by atoms with E-state index in [-0.39, 0.29) is 84.7 Å². The van der Waals surface area contributed by atoms with E-state index >= 15 is 0 Å². The number of aromatic nitrogens is 2. The van der Waals surface area contributed by atoms with Crippen LogP contribution in [0.4, 0.5) is 20.2 Å². The van der Waals surface area contributed by atoms with Crippen LogP contribution in [0.15, 0.2) is 94.5 Å². The number of nitrogens with one attached hydrogen (secondary N) is 4. The van der Waals surface area contributed by atoms with Gasteiger partial charge in [0.1, 0.15) is 11.6 Å². The number of pyridine rings is 2. The van der Waals surface area contributed by atoms with Crippen LogP contribution in [0.5, 0.6) is 0 Å². The summed E-state index contributed by atoms with van der Waals surface area (Å²) in [5, 5.41) is 7.23. The number of benzene rings is 3. The van der Waals surface area contributed by atoms with Gasteiger partial charge in [0.05, 0.1) is 37.7 Å². The van der Waals surface area contributed by atoms with Gasteiger partial charge in [0.2, 0.25) is 23.6 Å². The lowest BCUT2D eigenvalue weighted by atomic mass is 9.91. The van der Waals surface area contributed by atoms with E-state index in [1.807, 2.05) is 64.1 Å². The van der Waals surface area contributed by atoms with Crippen molar-refractivity contribution < 1.29 is 37.4 Å². The summed E-state index contributed by atoms with van der Waals surface area (Å²) < 4.78 is 39.7. The van der Waals surface area contributed by atoms with Crippen molar-refractivity contribution in [3.05, 3.63) is 162 Å². The molecule has 22 heteroatoms. The number of piperazine rings is 2. The van der Waals surface area contributed by atoms with Gasteiger partial charge in [0, 0.05) is 148 Å². The number of carbonyl (C=O) groups excluding carboxylic acids is 4. The molecule has 0 aliphatic carbocycles. The standard InChI is InChI=1S/C66H84F2N12O8/c1-39-31-77(35-55(81)79-37-65(3,4)59-53(79)27-45(63(85)73-59)23-41-11-15-47(67)16-12-41)49(29-71-39)33-75-19-21-87-57(61(69)83)51(75)25-43-7-9-44(10-8-43)26-52-58(62(70)84)88-22-20-76(52)34-50-30-72-40(2)32-78(50)36-56(82)80-38-66(5,6)60-54(80)28-46(64(86)74-60)24-42-13-17-48(68)18-14-42/h7-18,27-28,39-40,49-52,57-58,71-72H,19-26,29-38H2,1-6H3,(H2,69,83)(H2,70,84)(H,73,85)(H,74,86)/t39-,40-,49-,50-,51?,52?,57?,58?/m1/s1. The topological polar surface area (TPSA) is 248 Å². The Balaban J connectivity index is 0.762. The zero-order chi connectivity index (χ0) is 62.3. The lowest BCUT2D eigenvalue weighted by Gasteiger charge is -2.46. The van der Waals surface area contributed by atoms with Crippen molar-refractivity contribution in [2.45, 2.75) is 127 Å². The van der Waals surface area contributed by atoms with Gasteiger partial charge in [-0.25, -0.2) is 8.78 Å². The van der Waals surface area contributed by atoms with Gasteiger partial charge < -0.3 is 51.3 Å². The average Bonchev–Trinajstić information content (AvgIpc) is 1.82. The summed E-state index contributed by atoms with van der Waals surface area (Å²) >= 11 is 0. The zero-order valence-corrected chi connectivity index (χ0v) is 51.3. The molecule has 4 saturated heterocycles. The molecule has 0 saturated carbocycles. The predicted octanol–water partition coefficient (Wildman–Crippen LogP) is 2.69. The number of anilines is 2. The van der Waals surface area contributed by atoms with Crippen LogP contribution in [0.25, 0.3) is 0 Å². The predicted molar refractivity (Wildman–Crippen MR) is 331 cm³/mol. The van der Waals surface area contributed by atoms with Crippen molar-refractivity contribution in [3.63, 3.8) is 0 Å². The first kappa shape index (κ1) is 62.6. The van der Waals surface area contributed by atoms with Crippen LogP contribution in [0, 0.1) is 11.6 Å². The zero-order valence-electron chi connectivity index (χ0n) is 51.3. The van der Waals surface area contributed by atoms with Gasteiger partial charge in [-0.15, -0.1) is 0 Å². The quantitative estimate of drug-likeness (QED) is 0.0739. The van der Waals surface area contributed by atoms with Gasteiger partial charge in [-0.05, 0) is 85.3 Å². The number of nitrogens with zero attached hydrogens (tertiary/aromatic N) is 6. The largest absolute Gasteiger partial charge is 0.367 e. The third-order valence-corrected chi connectivity index (χ3v) is 18.9. The summed E-state index contributed by atoms with van der Waals surface area (Å²) in [5.41, 5.74) is 17.9. The highest BCUT2D eigenvalue weighted by atomic mass is 19.1. The van der Waals surface area contributed by atoms with Crippen molar-refractivity contribution in [1.29, 1.82) is 0 Å². The lowest BCUT2D eigenvalue weighted by Crippen LogP contribution is -2.64. The van der Waals surface area contributed by atoms with Crippen molar-refractivity contribution >= 4 is 35.0 Å². The van der Waals surface area contributed by atoms with Crippen molar-refractivity contribution in [2.75, 3.05) is 102 Å². The Morgan fingerprint density at radius 1 is 0.557 bits per heavy atom. The van der Waals surface area contributed by atoms with Gasteiger partial charge in [-0.3, -0.25) is 48.4 Å². The fourth-order valence-electron chi connectivity index (χ4n) is 14.2. The number of amides is 4. The summed E-state index contributed by atoms with van der Waals surface area (Å²) in [6.07, 6.45) is -0.320. The molecule has 4 unspecified atom stereocenters. The van der Waals surface area contributed by atoms with Crippen LogP contribution in [-0.4, -0.2) is 193 Å². The number of hydrogen-bond donors (Lipinski definition) is 6. The van der Waals surface area contributed by atoms with Crippen molar-refractivity contribution in [2.24, 2.45) is 11.5 Å². The molecule has 8 atom stereocenters. The molecule has 0 spiro atoms. The van der Waals surface area contributed by atoms with Crippen molar-refractivity contribution in [3.8, 4) is 0 Å². The van der Waals surface area contributed by atoms with Crippen LogP contribution in [0.1, 0.15) is 86.3 Å². The van der Waals surface area contributed by atoms with Crippen LogP contribution in [0.3, 0.4) is 0 Å². The van der Waals surface area contributed by atoms with E-state index in [4.69, 9.17) is 20.9 Å². The van der Waals surface area contributed by atoms with E-state index in [0.717, 1.165) is 22.3 Å². The Hall–Kier alpha value is -7.02. The SMILES string of the molecule is C[C@@H]1CN(CC(=O)N2CC(C)(C)c3[nH]c(=O)c(Cc4ccc(F)cc4)cc32)[C@@H](CN2CCOC(C(N)=O)C2Cc2ccc(CC3C(C(N)=O)OCCN3C[C@H]3CN[C@H](C)CN3CC(=O)N3CC(C)(C)c4[nH]c(=O)c(Cc5ccc(F)cc5)cc43)cc2)CN1. The Morgan fingerprint density at radius 2 is 0.920 bits per heavy atom. The monoisotopic (exact) mass is 1210 g/mol. The number of nitrogens with two attached hydrogens (primary N) is 2. The smallest absolute Gasteiger partial charge is 0.251 e. The number of hydrogen-bond acceptors (Lipinski definition) is 14. The van der Waals surface area contributed by atoms with E-state index < -0.39 is 46.9 Å². The van der Waals surface area contributed by atoms with E-state index in [1.54, 1.807) is 34.1 Å². The summed E-state index contributed by atoms with van der Waals surface area (Å²) in [7, 11) is 0. The highest BCUT2D eigenvalue weighted by Crippen LogP contribution is 2.41. The molecule has 6 aliphatic heterocycles. The molecule has 4 fully saturated rings. The molecule has 0 radical (unpaired) electrons. The normalized spacial score (nSPS) is 25.8. The molecule has 8 N–H and O–H groups in total. The fourth-order valence-corrected chi connectivity index (χ4v) is 14.2. The minimum Gasteiger partial charge on any atom is -0.367 e. The molecular formula is C66H84F2N12O8. The van der Waals surface area contributed by atoms with Gasteiger partial charge >= 0.3 is 0 Å². The molecule has 20 nitrogen and oxygen atoms in total. The maximum atomic E-state index is 14.6. The molecule has 88 heavy (non-hydrogen) atoms. The number of ether oxygens (including phenoxy) is 2. The second kappa shape index (κ2) is 25.8. The maximum absolute atomic E-state index is 14.6. The van der Waals surface area contributed by atoms with Crippen LogP contribution in [0.2, 0.25) is 0 Å². The first-order chi connectivity index (χ1) is 42.0. The molecule has 6 aliphatic rings. The van der Waals surface area contributed by atoms with Gasteiger partial charge in [0.15, 0.2) is 12.2 Å². The number of carbonyl (C=O) groups is 4. The molecule has 5 aromatic rings. The van der Waals surface area contributed by atoms with Gasteiger partial charge in [-0.2, -0.15) is 0 Å². The van der Waals surface area contributed by atoms with Crippen LogP contribution < -0.4 is 43.0 Å². The molecule has 3 aromatic carbocycles. The molecule has 0 bridgehead atoms. The van der Waals surface area contributed by atoms with E-state index in [1.165, 1.54) is 24.3 Å². The van der Waals surface area contributed by atoms with Gasteiger partial charge in [-0.1, -0.05) is 76.2 Å². The second-order valence-corrected chi connectivity index (χ2v) is 26.6. The summed E-state index contributed by atoms with van der Waals surface area (Å²) in [5.74, 6) is -2.02. The summed E-state index contributed by atoms with van der Waals surface area (Å²) in [6.45, 7) is 18.4. The maximum Gasteiger partial charge on any atom is 0.251 e. The number of halogens is 2. The van der Waals surface area contributed by atoms with E-state index in [2.05, 4.69) is 54.0 Å². The Bertz CT molecular complexity index is 3280. The Kier molecular flexibility index (Phi) is 18.4. The van der Waals surface area contributed by atoms with E-state index in [0.29, 0.717) is 125 Å². The molecule has 4 amide bonds. The Labute approximate surface area is 512 Å². The minimum absolute atomic E-state index is 0.0926. The third-order valence-electron chi connectivity index (χ3n) is 18.9. The number of aromatic amines is 2. The summed E-state index contributed by atoms with van der Waals surface area (Å²) in [4.78, 5) is 101. The highest BCUT2D eigenvalue weighted by molar-refractivity contribution is 5.98. The van der Waals surface area contributed by atoms with Crippen molar-refractivity contribution in [1.82, 2.24) is 40.2 Å². The fraction of sp³-hybridized carbons (Fsp3) is 0.515. The number of morpholine rings is 2. The van der Waals surface area contributed by atoms with Crippen LogP contribution >= 0.6 is 0 Å². The molecule has 470 valence electrons. The minimum atomic E-state index is -0.889. The number of H-pyrrole nitrogens is 2. The number of fused-ring (bicyclic) bond motifs is 2. The highest BCUT2D eigenvalue weighted by Gasteiger charge is 2.45. The second-order valence-electron chi connectivity index (χ2n) is 26.6. The first-order valence-electron chi connectivity index (χ1n) is 30.9.